The van der Waals surface area contributed by atoms with Gasteiger partial charge in [-0.2, -0.15) is 0 Å². The van der Waals surface area contributed by atoms with Crippen LogP contribution in [0.3, 0.4) is 0 Å². The Morgan fingerprint density at radius 1 is 0.969 bits per heavy atom. The van der Waals surface area contributed by atoms with Crippen LogP contribution in [0.15, 0.2) is 53.3 Å². The summed E-state index contributed by atoms with van der Waals surface area (Å²) in [6, 6.07) is 4.13. The number of hydrogen-bond donors (Lipinski definition) is 5. The van der Waals surface area contributed by atoms with E-state index < -0.39 is 6.10 Å². The van der Waals surface area contributed by atoms with Crippen LogP contribution in [0.5, 0.6) is 11.5 Å². The van der Waals surface area contributed by atoms with Crippen molar-refractivity contribution in [3.8, 4) is 11.5 Å². The molecule has 0 bridgehead atoms. The number of phenolic OH excluding ortho intramolecular Hbond substituents is 2. The van der Waals surface area contributed by atoms with Crippen molar-refractivity contribution < 1.29 is 34.8 Å². The highest BCUT2D eigenvalue weighted by molar-refractivity contribution is 6.04. The van der Waals surface area contributed by atoms with Crippen molar-refractivity contribution in [2.75, 3.05) is 0 Å². The number of phenols is 2. The average Bonchev–Trinajstić information content (AvgIpc) is 2.72. The first kappa shape index (κ1) is 20.9. The van der Waals surface area contributed by atoms with E-state index in [1.807, 2.05) is 0 Å². The van der Waals surface area contributed by atoms with Crippen molar-refractivity contribution in [2.45, 2.75) is 62.0 Å². The van der Waals surface area contributed by atoms with Crippen molar-refractivity contribution in [1.29, 1.82) is 0 Å². The van der Waals surface area contributed by atoms with Crippen LogP contribution in [0.25, 0.3) is 0 Å². The number of aliphatic hydroxyl groups excluding tert-OH is 2. The molecule has 1 saturated heterocycles. The molecule has 1 aromatic rings. The molecule has 6 unspecified atom stereocenters. The lowest BCUT2D eigenvalue weighted by atomic mass is 9.74. The number of Topliss-reactive ketones (excluding diaryl/α,β-unsaturated/α-hetero) is 1. The van der Waals surface area contributed by atoms with E-state index in [0.717, 1.165) is 6.08 Å². The summed E-state index contributed by atoms with van der Waals surface area (Å²) < 4.78 is 6.23. The van der Waals surface area contributed by atoms with Crippen LogP contribution < -0.4 is 5.32 Å². The lowest BCUT2D eigenvalue weighted by Crippen LogP contribution is -2.63. The molecule has 1 aromatic carbocycles. The highest BCUT2D eigenvalue weighted by Crippen LogP contribution is 2.43. The molecule has 8 heteroatoms. The van der Waals surface area contributed by atoms with Crippen LogP contribution in [0.1, 0.15) is 37.2 Å². The van der Waals surface area contributed by atoms with Gasteiger partial charge in [-0.25, -0.2) is 0 Å². The number of aliphatic hydroxyl groups is 2. The number of ketones is 2. The summed E-state index contributed by atoms with van der Waals surface area (Å²) in [5.74, 6) is -1.06. The standard InChI is InChI=1S/C24H25NO7/c26-11-1-3-13(19(28)5-11)15-7-17-23(9-21(15)30)32-24-10-22(31)16(8-18(24)25-17)14-4-2-12(27)6-20(14)29/h1-6,15,17-18,21,23-26,28-30H,7-10H2/b16-14-. The first-order chi connectivity index (χ1) is 15.3. The third-order valence-corrected chi connectivity index (χ3v) is 6.98. The SMILES string of the molecule is O=C1C=C/C(=C2\CC3NC4CC(c5ccc(O)cc5O)C(O)CC4OC3CC2=O)C(O)=C1. The number of ether oxygens (including phenoxy) is 1. The summed E-state index contributed by atoms with van der Waals surface area (Å²) >= 11 is 0. The van der Waals surface area contributed by atoms with Crippen molar-refractivity contribution >= 4 is 11.6 Å². The van der Waals surface area contributed by atoms with Crippen molar-refractivity contribution in [3.05, 3.63) is 58.9 Å². The minimum Gasteiger partial charge on any atom is -0.508 e. The maximum atomic E-state index is 12.8. The molecule has 0 aromatic heterocycles. The number of aromatic hydroxyl groups is 2. The number of carbonyl (C=O) groups excluding carboxylic acids is 2. The van der Waals surface area contributed by atoms with Crippen LogP contribution in [0.2, 0.25) is 0 Å². The molecule has 168 valence electrons. The Labute approximate surface area is 184 Å². The Kier molecular flexibility index (Phi) is 5.16. The topological polar surface area (TPSA) is 136 Å². The zero-order valence-electron chi connectivity index (χ0n) is 17.3. The summed E-state index contributed by atoms with van der Waals surface area (Å²) in [5.41, 5.74) is 1.43. The van der Waals surface area contributed by atoms with Gasteiger partial charge in [-0.3, -0.25) is 9.59 Å². The van der Waals surface area contributed by atoms with Gasteiger partial charge >= 0.3 is 0 Å². The Morgan fingerprint density at radius 2 is 1.78 bits per heavy atom. The number of fused-ring (bicyclic) bond motifs is 2. The molecular weight excluding hydrogens is 414 g/mol. The molecule has 5 N–H and O–H groups in total. The van der Waals surface area contributed by atoms with Gasteiger partial charge in [0.1, 0.15) is 17.3 Å². The Hall–Kier alpha value is -2.94. The smallest absolute Gasteiger partial charge is 0.182 e. The zero-order valence-corrected chi connectivity index (χ0v) is 17.3. The Balaban J connectivity index is 1.37. The maximum Gasteiger partial charge on any atom is 0.182 e. The van der Waals surface area contributed by atoms with Crippen LogP contribution in [0.4, 0.5) is 0 Å². The van der Waals surface area contributed by atoms with Crippen LogP contribution in [-0.2, 0) is 14.3 Å². The van der Waals surface area contributed by atoms with E-state index in [2.05, 4.69) is 5.32 Å². The molecule has 8 nitrogen and oxygen atoms in total. The fraction of sp³-hybridized carbons (Fsp3) is 0.417. The van der Waals surface area contributed by atoms with E-state index in [0.29, 0.717) is 36.0 Å². The van der Waals surface area contributed by atoms with Crippen LogP contribution >= 0.6 is 0 Å². The molecular formula is C24H25NO7. The minimum atomic E-state index is -0.728. The summed E-state index contributed by atoms with van der Waals surface area (Å²) in [5, 5.41) is 44.3. The first-order valence-corrected chi connectivity index (χ1v) is 10.8. The average molecular weight is 439 g/mol. The zero-order chi connectivity index (χ0) is 22.6. The van der Waals surface area contributed by atoms with E-state index in [-0.39, 0.29) is 65.5 Å². The van der Waals surface area contributed by atoms with Crippen LogP contribution in [0, 0.1) is 0 Å². The third kappa shape index (κ3) is 3.64. The molecule has 3 fully saturated rings. The molecule has 4 aliphatic rings. The summed E-state index contributed by atoms with van der Waals surface area (Å²) in [6.07, 6.45) is 4.01. The predicted molar refractivity (Wildman–Crippen MR) is 113 cm³/mol. The molecule has 2 saturated carbocycles. The van der Waals surface area contributed by atoms with Gasteiger partial charge in [-0.05, 0) is 36.6 Å². The van der Waals surface area contributed by atoms with E-state index in [4.69, 9.17) is 4.74 Å². The normalized spacial score (nSPS) is 37.0. The summed E-state index contributed by atoms with van der Waals surface area (Å²) in [7, 11) is 0. The fourth-order valence-corrected chi connectivity index (χ4v) is 5.40. The molecule has 1 heterocycles. The quantitative estimate of drug-likeness (QED) is 0.417. The monoisotopic (exact) mass is 439 g/mol. The number of nitrogens with one attached hydrogen (secondary N) is 1. The molecule has 0 radical (unpaired) electrons. The van der Waals surface area contributed by atoms with E-state index >= 15 is 0 Å². The second-order valence-electron chi connectivity index (χ2n) is 8.97. The predicted octanol–water partition coefficient (Wildman–Crippen LogP) is 1.67. The highest BCUT2D eigenvalue weighted by Gasteiger charge is 2.47. The van der Waals surface area contributed by atoms with Crippen molar-refractivity contribution in [3.63, 3.8) is 0 Å². The Morgan fingerprint density at radius 3 is 2.53 bits per heavy atom. The lowest BCUT2D eigenvalue weighted by Gasteiger charge is -2.49. The molecule has 6 atom stereocenters. The van der Waals surface area contributed by atoms with Gasteiger partial charge in [-0.1, -0.05) is 6.07 Å². The van der Waals surface area contributed by atoms with Gasteiger partial charge in [-0.15, -0.1) is 0 Å². The van der Waals surface area contributed by atoms with Crippen LogP contribution in [-0.4, -0.2) is 62.4 Å². The second-order valence-corrected chi connectivity index (χ2v) is 8.97. The van der Waals surface area contributed by atoms with Gasteiger partial charge in [0.25, 0.3) is 0 Å². The van der Waals surface area contributed by atoms with Gasteiger partial charge in [0.05, 0.1) is 18.3 Å². The lowest BCUT2D eigenvalue weighted by molar-refractivity contribution is -0.143. The van der Waals surface area contributed by atoms with Gasteiger partial charge in [0, 0.05) is 54.1 Å². The summed E-state index contributed by atoms with van der Waals surface area (Å²) in [4.78, 5) is 24.3. The number of rotatable bonds is 1. The second kappa shape index (κ2) is 7.88. The number of benzene rings is 1. The molecule has 0 spiro atoms. The van der Waals surface area contributed by atoms with E-state index in [1.165, 1.54) is 24.3 Å². The van der Waals surface area contributed by atoms with Gasteiger partial charge in [0.15, 0.2) is 11.6 Å². The number of hydrogen-bond acceptors (Lipinski definition) is 8. The van der Waals surface area contributed by atoms with E-state index in [1.54, 1.807) is 6.07 Å². The molecule has 5 rings (SSSR count). The maximum absolute atomic E-state index is 12.8. The van der Waals surface area contributed by atoms with Crippen molar-refractivity contribution in [1.82, 2.24) is 5.32 Å². The van der Waals surface area contributed by atoms with E-state index in [9.17, 15) is 30.0 Å². The minimum absolute atomic E-state index is 0.0420. The fourth-order valence-electron chi connectivity index (χ4n) is 5.40. The number of carbonyl (C=O) groups is 2. The molecule has 0 amide bonds. The third-order valence-electron chi connectivity index (χ3n) is 6.98. The molecule has 3 aliphatic carbocycles. The number of allylic oxidation sites excluding steroid dienone is 3. The van der Waals surface area contributed by atoms with Gasteiger partial charge < -0.3 is 30.5 Å². The largest absolute Gasteiger partial charge is 0.508 e. The Bertz CT molecular complexity index is 1070. The number of morpholine rings is 1. The van der Waals surface area contributed by atoms with Crippen molar-refractivity contribution in [2.24, 2.45) is 0 Å². The summed E-state index contributed by atoms with van der Waals surface area (Å²) in [6.45, 7) is 0. The first-order valence-electron chi connectivity index (χ1n) is 10.8. The molecule has 1 aliphatic heterocycles. The van der Waals surface area contributed by atoms with Gasteiger partial charge in [0.2, 0.25) is 0 Å². The molecule has 32 heavy (non-hydrogen) atoms. The highest BCUT2D eigenvalue weighted by atomic mass is 16.5.